The van der Waals surface area contributed by atoms with Crippen molar-refractivity contribution in [1.82, 2.24) is 10.9 Å². The van der Waals surface area contributed by atoms with E-state index in [4.69, 9.17) is 4.74 Å². The first-order chi connectivity index (χ1) is 7.33. The highest BCUT2D eigenvalue weighted by Crippen LogP contribution is 2.08. The number of carbonyl (C=O) groups is 1. The fourth-order valence-corrected chi connectivity index (χ4v) is 1.14. The molecular formula is C11H16N2O2. The molecule has 4 heteroatoms. The monoisotopic (exact) mass is 208 g/mol. The topological polar surface area (TPSA) is 50.4 Å². The molecule has 1 aromatic carbocycles. The number of para-hydroxylation sites is 1. The van der Waals surface area contributed by atoms with Gasteiger partial charge in [-0.05, 0) is 18.6 Å². The van der Waals surface area contributed by atoms with Crippen LogP contribution in [0.5, 0.6) is 5.75 Å². The van der Waals surface area contributed by atoms with Gasteiger partial charge in [0.25, 0.3) is 0 Å². The summed E-state index contributed by atoms with van der Waals surface area (Å²) in [4.78, 5) is 11.0. The highest BCUT2D eigenvalue weighted by atomic mass is 16.5. The van der Waals surface area contributed by atoms with Gasteiger partial charge in [0.1, 0.15) is 5.75 Å². The van der Waals surface area contributed by atoms with E-state index >= 15 is 0 Å². The third kappa shape index (κ3) is 5.02. The second-order valence-corrected chi connectivity index (χ2v) is 3.06. The molecule has 0 aliphatic rings. The minimum atomic E-state index is -0.0193. The first-order valence-corrected chi connectivity index (χ1v) is 4.96. The molecule has 1 amide bonds. The molecule has 0 bridgehead atoms. The maximum absolute atomic E-state index is 11.0. The molecule has 0 heterocycles. The van der Waals surface area contributed by atoms with Gasteiger partial charge in [-0.2, -0.15) is 0 Å². The van der Waals surface area contributed by atoms with E-state index in [-0.39, 0.29) is 5.91 Å². The number of amides is 1. The second kappa shape index (κ2) is 6.84. The maximum atomic E-state index is 11.0. The predicted octanol–water partition coefficient (Wildman–Crippen LogP) is 1.10. The van der Waals surface area contributed by atoms with Crippen molar-refractivity contribution in [2.75, 3.05) is 13.7 Å². The van der Waals surface area contributed by atoms with Crippen LogP contribution in [-0.4, -0.2) is 19.6 Å². The molecule has 0 unspecified atom stereocenters. The first kappa shape index (κ1) is 11.5. The largest absolute Gasteiger partial charge is 0.494 e. The Balaban J connectivity index is 2.10. The van der Waals surface area contributed by atoms with Gasteiger partial charge >= 0.3 is 0 Å². The van der Waals surface area contributed by atoms with E-state index in [1.807, 2.05) is 30.3 Å². The van der Waals surface area contributed by atoms with Crippen LogP contribution in [0.15, 0.2) is 30.3 Å². The van der Waals surface area contributed by atoms with Crippen LogP contribution in [0, 0.1) is 0 Å². The fourth-order valence-electron chi connectivity index (χ4n) is 1.14. The Morgan fingerprint density at radius 2 is 2.07 bits per heavy atom. The van der Waals surface area contributed by atoms with Gasteiger partial charge in [-0.15, -0.1) is 0 Å². The number of nitrogens with one attached hydrogen (secondary N) is 2. The zero-order valence-electron chi connectivity index (χ0n) is 8.82. The van der Waals surface area contributed by atoms with Crippen molar-refractivity contribution in [2.24, 2.45) is 0 Å². The van der Waals surface area contributed by atoms with Crippen molar-refractivity contribution in [3.63, 3.8) is 0 Å². The smallest absolute Gasteiger partial charge is 0.234 e. The number of rotatable bonds is 6. The molecule has 1 aromatic rings. The van der Waals surface area contributed by atoms with Crippen LogP contribution in [0.4, 0.5) is 0 Å². The lowest BCUT2D eigenvalue weighted by Gasteiger charge is -2.05. The van der Waals surface area contributed by atoms with Crippen molar-refractivity contribution < 1.29 is 9.53 Å². The van der Waals surface area contributed by atoms with Gasteiger partial charge < -0.3 is 4.74 Å². The number of hydrogen-bond acceptors (Lipinski definition) is 3. The average molecular weight is 208 g/mol. The molecule has 15 heavy (non-hydrogen) atoms. The summed E-state index contributed by atoms with van der Waals surface area (Å²) in [6.45, 7) is 0.557. The highest BCUT2D eigenvalue weighted by molar-refractivity contribution is 5.75. The van der Waals surface area contributed by atoms with Gasteiger partial charge in [-0.3, -0.25) is 10.2 Å². The zero-order valence-corrected chi connectivity index (χ0v) is 8.82. The fraction of sp³-hybridized carbons (Fsp3) is 0.364. The van der Waals surface area contributed by atoms with Crippen LogP contribution in [0.1, 0.15) is 12.8 Å². The van der Waals surface area contributed by atoms with E-state index in [9.17, 15) is 4.79 Å². The van der Waals surface area contributed by atoms with Gasteiger partial charge in [0.2, 0.25) is 5.91 Å². The first-order valence-electron chi connectivity index (χ1n) is 4.96. The van der Waals surface area contributed by atoms with E-state index in [0.29, 0.717) is 19.4 Å². The molecule has 1 rings (SSSR count). The standard InChI is InChI=1S/C11H16N2O2/c1-12-13-11(14)8-5-9-15-10-6-3-2-4-7-10/h2-4,6-7,12H,5,8-9H2,1H3,(H,13,14). The summed E-state index contributed by atoms with van der Waals surface area (Å²) >= 11 is 0. The van der Waals surface area contributed by atoms with E-state index in [2.05, 4.69) is 10.9 Å². The number of hydrogen-bond donors (Lipinski definition) is 2. The normalized spacial score (nSPS) is 9.67. The van der Waals surface area contributed by atoms with Crippen molar-refractivity contribution >= 4 is 5.91 Å². The molecule has 0 radical (unpaired) electrons. The second-order valence-electron chi connectivity index (χ2n) is 3.06. The van der Waals surface area contributed by atoms with Crippen molar-refractivity contribution in [3.8, 4) is 5.75 Å². The number of carbonyl (C=O) groups excluding carboxylic acids is 1. The van der Waals surface area contributed by atoms with E-state index in [1.165, 1.54) is 0 Å². The Labute approximate surface area is 89.6 Å². The Hall–Kier alpha value is -1.55. The summed E-state index contributed by atoms with van der Waals surface area (Å²) < 4.78 is 5.43. The molecule has 0 atom stereocenters. The third-order valence-electron chi connectivity index (χ3n) is 1.82. The van der Waals surface area contributed by atoms with Crippen molar-refractivity contribution in [1.29, 1.82) is 0 Å². The molecule has 0 aromatic heterocycles. The summed E-state index contributed by atoms with van der Waals surface area (Å²) in [6.07, 6.45) is 1.18. The number of ether oxygens (including phenoxy) is 1. The Morgan fingerprint density at radius 3 is 2.73 bits per heavy atom. The summed E-state index contributed by atoms with van der Waals surface area (Å²) in [5, 5.41) is 0. The average Bonchev–Trinajstić information content (AvgIpc) is 2.26. The van der Waals surface area contributed by atoms with Crippen LogP contribution in [0.2, 0.25) is 0 Å². The van der Waals surface area contributed by atoms with Crippen LogP contribution < -0.4 is 15.6 Å². The SMILES string of the molecule is CNNC(=O)CCCOc1ccccc1. The lowest BCUT2D eigenvalue weighted by atomic mass is 10.3. The summed E-state index contributed by atoms with van der Waals surface area (Å²) in [7, 11) is 1.67. The molecule has 0 aliphatic heterocycles. The van der Waals surface area contributed by atoms with Gasteiger partial charge in [0.15, 0.2) is 0 Å². The number of benzene rings is 1. The quantitative estimate of drug-likeness (QED) is 0.543. The Bertz CT molecular complexity index is 288. The van der Waals surface area contributed by atoms with E-state index in [1.54, 1.807) is 7.05 Å². The van der Waals surface area contributed by atoms with Gasteiger partial charge in [0.05, 0.1) is 6.61 Å². The maximum Gasteiger partial charge on any atom is 0.234 e. The molecular weight excluding hydrogens is 192 g/mol. The third-order valence-corrected chi connectivity index (χ3v) is 1.82. The summed E-state index contributed by atoms with van der Waals surface area (Å²) in [5.41, 5.74) is 5.09. The molecule has 0 spiro atoms. The molecule has 0 saturated carbocycles. The highest BCUT2D eigenvalue weighted by Gasteiger charge is 1.98. The van der Waals surface area contributed by atoms with Crippen molar-refractivity contribution in [3.05, 3.63) is 30.3 Å². The lowest BCUT2D eigenvalue weighted by molar-refractivity contribution is -0.122. The summed E-state index contributed by atoms with van der Waals surface area (Å²) in [6, 6.07) is 9.57. The van der Waals surface area contributed by atoms with Gasteiger partial charge in [-0.25, -0.2) is 5.43 Å². The van der Waals surface area contributed by atoms with E-state index < -0.39 is 0 Å². The summed E-state index contributed by atoms with van der Waals surface area (Å²) in [5.74, 6) is 0.820. The lowest BCUT2D eigenvalue weighted by Crippen LogP contribution is -2.34. The molecule has 0 saturated heterocycles. The molecule has 0 aliphatic carbocycles. The molecule has 4 nitrogen and oxygen atoms in total. The van der Waals surface area contributed by atoms with E-state index in [0.717, 1.165) is 5.75 Å². The number of hydrazine groups is 1. The molecule has 0 fully saturated rings. The minimum absolute atomic E-state index is 0.0193. The van der Waals surface area contributed by atoms with Crippen LogP contribution >= 0.6 is 0 Å². The molecule has 2 N–H and O–H groups in total. The van der Waals surface area contributed by atoms with Crippen LogP contribution in [-0.2, 0) is 4.79 Å². The minimum Gasteiger partial charge on any atom is -0.494 e. The van der Waals surface area contributed by atoms with Gasteiger partial charge in [0, 0.05) is 13.5 Å². The zero-order chi connectivity index (χ0) is 10.9. The predicted molar refractivity (Wildman–Crippen MR) is 58.4 cm³/mol. The van der Waals surface area contributed by atoms with Gasteiger partial charge in [-0.1, -0.05) is 18.2 Å². The van der Waals surface area contributed by atoms with Crippen molar-refractivity contribution in [2.45, 2.75) is 12.8 Å². The van der Waals surface area contributed by atoms with Crippen LogP contribution in [0.3, 0.4) is 0 Å². The van der Waals surface area contributed by atoms with Crippen LogP contribution in [0.25, 0.3) is 0 Å². The Kier molecular flexibility index (Phi) is 5.25. The molecule has 82 valence electrons. The Morgan fingerprint density at radius 1 is 1.33 bits per heavy atom.